The van der Waals surface area contributed by atoms with Gasteiger partial charge in [-0.2, -0.15) is 0 Å². The van der Waals surface area contributed by atoms with Crippen molar-refractivity contribution in [3.63, 3.8) is 0 Å². The van der Waals surface area contributed by atoms with Crippen LogP contribution in [0.15, 0.2) is 48.5 Å². The van der Waals surface area contributed by atoms with Gasteiger partial charge in [0.15, 0.2) is 0 Å². The van der Waals surface area contributed by atoms with Crippen LogP contribution in [0.1, 0.15) is 28.3 Å². The zero-order chi connectivity index (χ0) is 14.7. The molecule has 1 heterocycles. The summed E-state index contributed by atoms with van der Waals surface area (Å²) in [6, 6.07) is 18.3. The van der Waals surface area contributed by atoms with Crippen molar-refractivity contribution < 1.29 is 0 Å². The summed E-state index contributed by atoms with van der Waals surface area (Å²) < 4.78 is 0. The van der Waals surface area contributed by atoms with E-state index in [1.54, 1.807) is 0 Å². The van der Waals surface area contributed by atoms with Gasteiger partial charge in [-0.1, -0.05) is 59.7 Å². The van der Waals surface area contributed by atoms with Gasteiger partial charge in [-0.15, -0.1) is 0 Å². The van der Waals surface area contributed by atoms with Crippen LogP contribution in [-0.2, 0) is 0 Å². The Kier molecular flexibility index (Phi) is 4.37. The van der Waals surface area contributed by atoms with Crippen LogP contribution in [0.2, 0.25) is 0 Å². The third-order valence-electron chi connectivity index (χ3n) is 4.27. The average molecular weight is 280 g/mol. The van der Waals surface area contributed by atoms with Crippen molar-refractivity contribution in [1.82, 2.24) is 10.2 Å². The van der Waals surface area contributed by atoms with E-state index >= 15 is 0 Å². The third-order valence-corrected chi connectivity index (χ3v) is 4.27. The molecule has 1 N–H and O–H groups in total. The molecule has 0 spiro atoms. The first kappa shape index (κ1) is 14.3. The van der Waals surface area contributed by atoms with Crippen LogP contribution in [0, 0.1) is 13.8 Å². The van der Waals surface area contributed by atoms with Gasteiger partial charge in [0.1, 0.15) is 0 Å². The molecule has 1 atom stereocenters. The predicted octanol–water partition coefficient (Wildman–Crippen LogP) is 3.30. The van der Waals surface area contributed by atoms with Gasteiger partial charge in [-0.3, -0.25) is 4.90 Å². The molecule has 0 radical (unpaired) electrons. The van der Waals surface area contributed by atoms with Gasteiger partial charge in [-0.05, 0) is 25.0 Å². The van der Waals surface area contributed by atoms with Crippen LogP contribution in [0.3, 0.4) is 0 Å². The number of rotatable bonds is 3. The zero-order valence-corrected chi connectivity index (χ0v) is 13.0. The SMILES string of the molecule is Cc1ccc(C(c2cccc(C)c2)N2CCNCC2)cc1. The fraction of sp³-hybridized carbons (Fsp3) is 0.368. The highest BCUT2D eigenvalue weighted by molar-refractivity contribution is 5.35. The van der Waals surface area contributed by atoms with Gasteiger partial charge in [0.05, 0.1) is 6.04 Å². The van der Waals surface area contributed by atoms with Crippen LogP contribution < -0.4 is 5.32 Å². The smallest absolute Gasteiger partial charge is 0.0602 e. The summed E-state index contributed by atoms with van der Waals surface area (Å²) in [7, 11) is 0. The Morgan fingerprint density at radius 2 is 1.57 bits per heavy atom. The van der Waals surface area contributed by atoms with Gasteiger partial charge >= 0.3 is 0 Å². The molecule has 2 aromatic carbocycles. The van der Waals surface area contributed by atoms with Crippen molar-refractivity contribution in [3.05, 3.63) is 70.8 Å². The number of aryl methyl sites for hydroxylation is 2. The van der Waals surface area contributed by atoms with Gasteiger partial charge in [0.25, 0.3) is 0 Å². The van der Waals surface area contributed by atoms with E-state index in [2.05, 4.69) is 72.6 Å². The van der Waals surface area contributed by atoms with Crippen molar-refractivity contribution in [1.29, 1.82) is 0 Å². The molecule has 2 nitrogen and oxygen atoms in total. The summed E-state index contributed by atoms with van der Waals surface area (Å²) in [5.74, 6) is 0. The van der Waals surface area contributed by atoms with Crippen LogP contribution in [0.4, 0.5) is 0 Å². The van der Waals surface area contributed by atoms with E-state index in [1.807, 2.05) is 0 Å². The summed E-state index contributed by atoms with van der Waals surface area (Å²) >= 11 is 0. The summed E-state index contributed by atoms with van der Waals surface area (Å²) in [6.07, 6.45) is 0. The number of benzene rings is 2. The summed E-state index contributed by atoms with van der Waals surface area (Å²) in [4.78, 5) is 2.59. The zero-order valence-electron chi connectivity index (χ0n) is 13.0. The van der Waals surface area contributed by atoms with Gasteiger partial charge in [0.2, 0.25) is 0 Å². The molecule has 1 aliphatic rings. The van der Waals surface area contributed by atoms with E-state index in [1.165, 1.54) is 22.3 Å². The Morgan fingerprint density at radius 1 is 0.857 bits per heavy atom. The van der Waals surface area contributed by atoms with Crippen LogP contribution >= 0.6 is 0 Å². The molecule has 1 saturated heterocycles. The molecule has 1 aliphatic heterocycles. The normalized spacial score (nSPS) is 17.6. The molecule has 3 rings (SSSR count). The topological polar surface area (TPSA) is 15.3 Å². The first-order valence-electron chi connectivity index (χ1n) is 7.82. The summed E-state index contributed by atoms with van der Waals surface area (Å²) in [5.41, 5.74) is 5.45. The molecular weight excluding hydrogens is 256 g/mol. The monoisotopic (exact) mass is 280 g/mol. The second kappa shape index (κ2) is 6.42. The maximum atomic E-state index is 3.45. The van der Waals surface area contributed by atoms with E-state index < -0.39 is 0 Å². The molecule has 21 heavy (non-hydrogen) atoms. The van der Waals surface area contributed by atoms with E-state index in [9.17, 15) is 0 Å². The Balaban J connectivity index is 1.99. The van der Waals surface area contributed by atoms with Crippen LogP contribution in [-0.4, -0.2) is 31.1 Å². The maximum Gasteiger partial charge on any atom is 0.0602 e. The lowest BCUT2D eigenvalue weighted by molar-refractivity contribution is 0.198. The minimum atomic E-state index is 0.368. The predicted molar refractivity (Wildman–Crippen MR) is 88.6 cm³/mol. The lowest BCUT2D eigenvalue weighted by Gasteiger charge is -2.35. The quantitative estimate of drug-likeness (QED) is 0.928. The van der Waals surface area contributed by atoms with E-state index in [-0.39, 0.29) is 0 Å². The molecule has 0 saturated carbocycles. The number of nitrogens with zero attached hydrogens (tertiary/aromatic N) is 1. The van der Waals surface area contributed by atoms with Gasteiger partial charge < -0.3 is 5.32 Å². The number of hydrogen-bond acceptors (Lipinski definition) is 2. The minimum absolute atomic E-state index is 0.368. The molecule has 2 aromatic rings. The second-order valence-electron chi connectivity index (χ2n) is 6.01. The van der Waals surface area contributed by atoms with Crippen LogP contribution in [0.25, 0.3) is 0 Å². The summed E-state index contributed by atoms with van der Waals surface area (Å²) in [6.45, 7) is 8.69. The number of hydrogen-bond donors (Lipinski definition) is 1. The highest BCUT2D eigenvalue weighted by Gasteiger charge is 2.23. The first-order valence-corrected chi connectivity index (χ1v) is 7.82. The van der Waals surface area contributed by atoms with Gasteiger partial charge in [0, 0.05) is 26.2 Å². The maximum absolute atomic E-state index is 3.45. The standard InChI is InChI=1S/C19H24N2/c1-15-6-8-17(9-7-15)19(21-12-10-20-11-13-21)18-5-3-4-16(2)14-18/h3-9,14,19-20H,10-13H2,1-2H3. The number of nitrogens with one attached hydrogen (secondary N) is 1. The molecule has 2 heteroatoms. The molecule has 110 valence electrons. The molecule has 1 unspecified atom stereocenters. The molecule has 0 bridgehead atoms. The lowest BCUT2D eigenvalue weighted by atomic mass is 9.94. The van der Waals surface area contributed by atoms with Crippen molar-refractivity contribution in [2.24, 2.45) is 0 Å². The highest BCUT2D eigenvalue weighted by Crippen LogP contribution is 2.29. The molecular formula is C19H24N2. The Morgan fingerprint density at radius 3 is 2.24 bits per heavy atom. The van der Waals surface area contributed by atoms with E-state index in [4.69, 9.17) is 0 Å². The van der Waals surface area contributed by atoms with Crippen molar-refractivity contribution >= 4 is 0 Å². The van der Waals surface area contributed by atoms with E-state index in [0.29, 0.717) is 6.04 Å². The van der Waals surface area contributed by atoms with Crippen molar-refractivity contribution in [2.75, 3.05) is 26.2 Å². The second-order valence-corrected chi connectivity index (χ2v) is 6.01. The van der Waals surface area contributed by atoms with Gasteiger partial charge in [-0.25, -0.2) is 0 Å². The Hall–Kier alpha value is -1.64. The highest BCUT2D eigenvalue weighted by atomic mass is 15.2. The molecule has 0 aromatic heterocycles. The summed E-state index contributed by atoms with van der Waals surface area (Å²) in [5, 5.41) is 3.45. The Bertz CT molecular complexity index is 583. The molecule has 0 amide bonds. The fourth-order valence-electron chi connectivity index (χ4n) is 3.14. The fourth-order valence-corrected chi connectivity index (χ4v) is 3.14. The van der Waals surface area contributed by atoms with Crippen molar-refractivity contribution in [3.8, 4) is 0 Å². The van der Waals surface area contributed by atoms with E-state index in [0.717, 1.165) is 26.2 Å². The Labute approximate surface area is 127 Å². The minimum Gasteiger partial charge on any atom is -0.314 e. The first-order chi connectivity index (χ1) is 10.2. The molecule has 0 aliphatic carbocycles. The lowest BCUT2D eigenvalue weighted by Crippen LogP contribution is -2.45. The third kappa shape index (κ3) is 3.34. The van der Waals surface area contributed by atoms with Crippen molar-refractivity contribution in [2.45, 2.75) is 19.9 Å². The van der Waals surface area contributed by atoms with Crippen LogP contribution in [0.5, 0.6) is 0 Å². The largest absolute Gasteiger partial charge is 0.314 e. The molecule has 1 fully saturated rings. The number of piperazine rings is 1. The average Bonchev–Trinajstić information content (AvgIpc) is 2.51.